The molecule has 60 valence electrons. The molecule has 10 heavy (non-hydrogen) atoms. The third-order valence-corrected chi connectivity index (χ3v) is 4.20. The number of rotatable bonds is 0. The highest BCUT2D eigenvalue weighted by Crippen LogP contribution is 2.31. The first kappa shape index (κ1) is 8.75. The Morgan fingerprint density at radius 2 is 2.00 bits per heavy atom. The minimum atomic E-state index is -0.134. The van der Waals surface area contributed by atoms with Crippen LogP contribution >= 0.6 is 23.5 Å². The van der Waals surface area contributed by atoms with E-state index in [4.69, 9.17) is 0 Å². The highest BCUT2D eigenvalue weighted by atomic mass is 32.2. The maximum absolute atomic E-state index is 9.32. The summed E-state index contributed by atoms with van der Waals surface area (Å²) < 4.78 is 0. The van der Waals surface area contributed by atoms with Crippen LogP contribution in [0.25, 0.3) is 0 Å². The van der Waals surface area contributed by atoms with E-state index in [0.717, 1.165) is 11.0 Å². The van der Waals surface area contributed by atoms with Gasteiger partial charge >= 0.3 is 0 Å². The fraction of sp³-hybridized carbons (Fsp3) is 1.00. The lowest BCUT2D eigenvalue weighted by molar-refractivity contribution is 0.288. The van der Waals surface area contributed by atoms with E-state index in [1.54, 1.807) is 11.8 Å². The van der Waals surface area contributed by atoms with Crippen molar-refractivity contribution in [2.75, 3.05) is 5.75 Å². The SMILES string of the molecule is CC1CC(C)SC(O)CS1. The zero-order valence-electron chi connectivity index (χ0n) is 6.41. The fourth-order valence-corrected chi connectivity index (χ4v) is 3.67. The monoisotopic (exact) mass is 178 g/mol. The summed E-state index contributed by atoms with van der Waals surface area (Å²) in [4.78, 5) is 0. The standard InChI is InChI=1S/C7H14OS2/c1-5-3-6(2)10-7(8)4-9-5/h5-8H,3-4H2,1-2H3. The van der Waals surface area contributed by atoms with Crippen LogP contribution in [0, 0.1) is 0 Å². The zero-order chi connectivity index (χ0) is 7.56. The van der Waals surface area contributed by atoms with E-state index in [1.807, 2.05) is 11.8 Å². The lowest BCUT2D eigenvalue weighted by Crippen LogP contribution is -2.06. The van der Waals surface area contributed by atoms with E-state index < -0.39 is 0 Å². The summed E-state index contributed by atoms with van der Waals surface area (Å²) in [5, 5.41) is 10.7. The van der Waals surface area contributed by atoms with Gasteiger partial charge in [-0.25, -0.2) is 0 Å². The van der Waals surface area contributed by atoms with Gasteiger partial charge in [-0.3, -0.25) is 0 Å². The zero-order valence-corrected chi connectivity index (χ0v) is 8.04. The van der Waals surface area contributed by atoms with E-state index in [-0.39, 0.29) is 5.44 Å². The van der Waals surface area contributed by atoms with Crippen molar-refractivity contribution < 1.29 is 5.11 Å². The van der Waals surface area contributed by atoms with E-state index in [1.165, 1.54) is 6.42 Å². The van der Waals surface area contributed by atoms with E-state index in [9.17, 15) is 5.11 Å². The molecule has 0 bridgehead atoms. The molecule has 0 aromatic carbocycles. The van der Waals surface area contributed by atoms with Gasteiger partial charge in [-0.2, -0.15) is 11.8 Å². The van der Waals surface area contributed by atoms with Crippen LogP contribution < -0.4 is 0 Å². The first-order chi connectivity index (χ1) is 4.68. The van der Waals surface area contributed by atoms with Crippen molar-refractivity contribution in [2.45, 2.75) is 36.2 Å². The Morgan fingerprint density at radius 3 is 2.70 bits per heavy atom. The predicted molar refractivity (Wildman–Crippen MR) is 49.6 cm³/mol. The highest BCUT2D eigenvalue weighted by molar-refractivity contribution is 8.04. The van der Waals surface area contributed by atoms with Crippen LogP contribution in [-0.2, 0) is 0 Å². The van der Waals surface area contributed by atoms with Gasteiger partial charge in [-0.1, -0.05) is 13.8 Å². The average molecular weight is 178 g/mol. The largest absolute Gasteiger partial charge is 0.382 e. The Morgan fingerprint density at radius 1 is 1.30 bits per heavy atom. The molecule has 3 atom stereocenters. The van der Waals surface area contributed by atoms with Gasteiger partial charge in [0.15, 0.2) is 0 Å². The molecule has 0 aromatic rings. The molecular weight excluding hydrogens is 164 g/mol. The Balaban J connectivity index is 2.38. The summed E-state index contributed by atoms with van der Waals surface area (Å²) in [5.41, 5.74) is -0.134. The molecule has 1 saturated heterocycles. The normalized spacial score (nSPS) is 42.9. The predicted octanol–water partition coefficient (Wildman–Crippen LogP) is 1.95. The van der Waals surface area contributed by atoms with Crippen LogP contribution in [0.4, 0.5) is 0 Å². The first-order valence-electron chi connectivity index (χ1n) is 3.63. The molecule has 0 saturated carbocycles. The molecule has 1 nitrogen and oxygen atoms in total. The summed E-state index contributed by atoms with van der Waals surface area (Å²) in [7, 11) is 0. The Hall–Kier alpha value is 0.660. The lowest BCUT2D eigenvalue weighted by Gasteiger charge is -2.10. The molecule has 0 amide bonds. The molecule has 1 aliphatic rings. The number of aliphatic hydroxyl groups excluding tert-OH is 1. The van der Waals surface area contributed by atoms with Crippen molar-refractivity contribution in [3.8, 4) is 0 Å². The molecular formula is C7H14OS2. The topological polar surface area (TPSA) is 20.2 Å². The number of thioether (sulfide) groups is 2. The van der Waals surface area contributed by atoms with Gasteiger partial charge in [0.05, 0.1) is 0 Å². The molecule has 1 fully saturated rings. The van der Waals surface area contributed by atoms with Crippen molar-refractivity contribution in [3.05, 3.63) is 0 Å². The maximum atomic E-state index is 9.32. The smallest absolute Gasteiger partial charge is 0.109 e. The number of hydrogen-bond donors (Lipinski definition) is 1. The molecule has 1 N–H and O–H groups in total. The summed E-state index contributed by atoms with van der Waals surface area (Å²) in [6.45, 7) is 4.43. The second-order valence-electron chi connectivity index (χ2n) is 2.78. The quantitative estimate of drug-likeness (QED) is 0.612. The second-order valence-corrected chi connectivity index (χ2v) is 5.87. The molecule has 1 rings (SSSR count). The summed E-state index contributed by atoms with van der Waals surface area (Å²) >= 11 is 3.58. The van der Waals surface area contributed by atoms with Gasteiger partial charge in [0, 0.05) is 16.3 Å². The molecule has 1 aliphatic heterocycles. The van der Waals surface area contributed by atoms with Crippen LogP contribution in [-0.4, -0.2) is 26.8 Å². The molecule has 0 radical (unpaired) electrons. The van der Waals surface area contributed by atoms with Crippen LogP contribution in [0.3, 0.4) is 0 Å². The third kappa shape index (κ3) is 2.72. The van der Waals surface area contributed by atoms with Crippen molar-refractivity contribution in [2.24, 2.45) is 0 Å². The minimum absolute atomic E-state index is 0.134. The summed E-state index contributed by atoms with van der Waals surface area (Å²) in [5.74, 6) is 0.899. The van der Waals surface area contributed by atoms with Crippen molar-refractivity contribution in [3.63, 3.8) is 0 Å². The Bertz CT molecular complexity index is 95.8. The van der Waals surface area contributed by atoms with Gasteiger partial charge in [0.25, 0.3) is 0 Å². The molecule has 0 aromatic heterocycles. The van der Waals surface area contributed by atoms with Crippen LogP contribution in [0.5, 0.6) is 0 Å². The fourth-order valence-electron chi connectivity index (χ4n) is 1.15. The number of hydrogen-bond acceptors (Lipinski definition) is 3. The van der Waals surface area contributed by atoms with Crippen LogP contribution in [0.2, 0.25) is 0 Å². The summed E-state index contributed by atoms with van der Waals surface area (Å²) in [6.07, 6.45) is 1.23. The average Bonchev–Trinajstić information content (AvgIpc) is 1.93. The molecule has 3 unspecified atom stereocenters. The van der Waals surface area contributed by atoms with Gasteiger partial charge in [0.2, 0.25) is 0 Å². The number of aliphatic hydroxyl groups is 1. The Kier molecular flexibility index (Phi) is 3.40. The third-order valence-electron chi connectivity index (χ3n) is 1.58. The van der Waals surface area contributed by atoms with Gasteiger partial charge < -0.3 is 5.11 Å². The first-order valence-corrected chi connectivity index (χ1v) is 5.62. The van der Waals surface area contributed by atoms with Crippen molar-refractivity contribution in [1.82, 2.24) is 0 Å². The molecule has 3 heteroatoms. The van der Waals surface area contributed by atoms with E-state index in [2.05, 4.69) is 13.8 Å². The second kappa shape index (κ2) is 3.88. The highest BCUT2D eigenvalue weighted by Gasteiger charge is 2.19. The maximum Gasteiger partial charge on any atom is 0.109 e. The van der Waals surface area contributed by atoms with Crippen molar-refractivity contribution >= 4 is 23.5 Å². The van der Waals surface area contributed by atoms with Gasteiger partial charge in [0.1, 0.15) is 5.44 Å². The molecule has 0 spiro atoms. The lowest BCUT2D eigenvalue weighted by atomic mass is 10.3. The minimum Gasteiger partial charge on any atom is -0.382 e. The Labute approximate surface area is 71.0 Å². The van der Waals surface area contributed by atoms with Crippen molar-refractivity contribution in [1.29, 1.82) is 0 Å². The summed E-state index contributed by atoms with van der Waals surface area (Å²) in [6, 6.07) is 0. The molecule has 0 aliphatic carbocycles. The van der Waals surface area contributed by atoms with Crippen LogP contribution in [0.1, 0.15) is 20.3 Å². The van der Waals surface area contributed by atoms with Crippen LogP contribution in [0.15, 0.2) is 0 Å². The van der Waals surface area contributed by atoms with Gasteiger partial charge in [-0.05, 0) is 6.42 Å². The molecule has 1 heterocycles. The van der Waals surface area contributed by atoms with Gasteiger partial charge in [-0.15, -0.1) is 11.8 Å². The van der Waals surface area contributed by atoms with E-state index in [0.29, 0.717) is 5.25 Å². The van der Waals surface area contributed by atoms with E-state index >= 15 is 0 Å².